The minimum Gasteiger partial charge on any atom is -0.478 e. The highest BCUT2D eigenvalue weighted by Gasteiger charge is 2.26. The normalized spacial score (nSPS) is 27.4. The zero-order valence-corrected chi connectivity index (χ0v) is 11.5. The highest BCUT2D eigenvalue weighted by molar-refractivity contribution is 5.88. The van der Waals surface area contributed by atoms with Crippen LogP contribution in [0.3, 0.4) is 0 Å². The van der Waals surface area contributed by atoms with E-state index in [1.807, 2.05) is 13.8 Å². The van der Waals surface area contributed by atoms with E-state index in [-0.39, 0.29) is 30.5 Å². The molecule has 0 spiro atoms. The molecule has 0 aliphatic carbocycles. The van der Waals surface area contributed by atoms with Crippen LogP contribution >= 0.6 is 0 Å². The van der Waals surface area contributed by atoms with E-state index < -0.39 is 5.97 Å². The number of rotatable bonds is 4. The lowest BCUT2D eigenvalue weighted by Gasteiger charge is -2.32. The van der Waals surface area contributed by atoms with Crippen LogP contribution < -0.4 is 0 Å². The van der Waals surface area contributed by atoms with E-state index in [9.17, 15) is 4.79 Å². The number of carboxylic acids is 1. The summed E-state index contributed by atoms with van der Waals surface area (Å²) in [6.07, 6.45) is 3.50. The van der Waals surface area contributed by atoms with Gasteiger partial charge in [0, 0.05) is 7.05 Å². The van der Waals surface area contributed by atoms with Crippen LogP contribution in [0.25, 0.3) is 0 Å². The van der Waals surface area contributed by atoms with Crippen molar-refractivity contribution in [2.75, 3.05) is 0 Å². The molecular formula is C13H20N2O4. The molecule has 1 aliphatic rings. The lowest BCUT2D eigenvalue weighted by atomic mass is 10.0. The van der Waals surface area contributed by atoms with Gasteiger partial charge in [-0.2, -0.15) is 5.10 Å². The summed E-state index contributed by atoms with van der Waals surface area (Å²) in [6.45, 7) is 4.32. The third kappa shape index (κ3) is 3.33. The van der Waals surface area contributed by atoms with Crippen molar-refractivity contribution in [1.82, 2.24) is 9.78 Å². The zero-order chi connectivity index (χ0) is 14.0. The first-order valence-corrected chi connectivity index (χ1v) is 6.48. The summed E-state index contributed by atoms with van der Waals surface area (Å²) in [5.74, 6) is -0.972. The average Bonchev–Trinajstić information content (AvgIpc) is 2.67. The van der Waals surface area contributed by atoms with E-state index in [1.165, 1.54) is 6.20 Å². The maximum absolute atomic E-state index is 11.1. The number of carbonyl (C=O) groups is 1. The van der Waals surface area contributed by atoms with E-state index >= 15 is 0 Å². The van der Waals surface area contributed by atoms with Gasteiger partial charge in [0.1, 0.15) is 5.56 Å². The minimum atomic E-state index is -0.972. The molecule has 106 valence electrons. The van der Waals surface area contributed by atoms with Gasteiger partial charge in [0.05, 0.1) is 36.8 Å². The van der Waals surface area contributed by atoms with Crippen LogP contribution in [0.1, 0.15) is 42.7 Å². The Morgan fingerprint density at radius 3 is 2.74 bits per heavy atom. The number of carboxylic acid groups (broad SMARTS) is 1. The maximum Gasteiger partial charge on any atom is 0.339 e. The first-order valence-electron chi connectivity index (χ1n) is 6.48. The summed E-state index contributed by atoms with van der Waals surface area (Å²) in [6, 6.07) is 0. The SMILES string of the molecule is CC1CC(OCc2c(C(=O)O)cnn2C)CC(C)O1. The summed E-state index contributed by atoms with van der Waals surface area (Å²) in [5.41, 5.74) is 0.801. The van der Waals surface area contributed by atoms with Gasteiger partial charge in [0.25, 0.3) is 0 Å². The molecule has 19 heavy (non-hydrogen) atoms. The molecule has 0 amide bonds. The second kappa shape index (κ2) is 5.71. The third-order valence-electron chi connectivity index (χ3n) is 3.40. The molecule has 2 atom stereocenters. The van der Waals surface area contributed by atoms with E-state index in [0.717, 1.165) is 12.8 Å². The molecule has 2 rings (SSSR count). The third-order valence-corrected chi connectivity index (χ3v) is 3.40. The van der Waals surface area contributed by atoms with Gasteiger partial charge >= 0.3 is 5.97 Å². The van der Waals surface area contributed by atoms with Crippen molar-refractivity contribution >= 4 is 5.97 Å². The minimum absolute atomic E-state index is 0.107. The molecule has 0 radical (unpaired) electrons. The molecule has 1 N–H and O–H groups in total. The van der Waals surface area contributed by atoms with Crippen LogP contribution in [0.2, 0.25) is 0 Å². The number of nitrogens with zero attached hydrogens (tertiary/aromatic N) is 2. The Bertz CT molecular complexity index is 447. The number of hydrogen-bond donors (Lipinski definition) is 1. The molecule has 0 saturated carbocycles. The molecule has 0 aromatic carbocycles. The Morgan fingerprint density at radius 1 is 1.53 bits per heavy atom. The Morgan fingerprint density at radius 2 is 2.16 bits per heavy atom. The molecule has 1 aromatic rings. The quantitative estimate of drug-likeness (QED) is 0.897. The second-order valence-corrected chi connectivity index (χ2v) is 5.10. The van der Waals surface area contributed by atoms with Crippen molar-refractivity contribution in [3.8, 4) is 0 Å². The predicted octanol–water partition coefficient (Wildman–Crippen LogP) is 1.59. The van der Waals surface area contributed by atoms with Crippen molar-refractivity contribution in [2.45, 2.75) is 51.6 Å². The van der Waals surface area contributed by atoms with Crippen molar-refractivity contribution in [2.24, 2.45) is 7.05 Å². The molecule has 1 saturated heterocycles. The summed E-state index contributed by atoms with van der Waals surface area (Å²) in [4.78, 5) is 11.1. The molecule has 6 heteroatoms. The van der Waals surface area contributed by atoms with Crippen molar-refractivity contribution < 1.29 is 19.4 Å². The standard InChI is InChI=1S/C13H20N2O4/c1-8-4-10(5-9(2)19-8)18-7-12-11(13(16)17)6-14-15(12)3/h6,8-10H,4-5,7H2,1-3H3,(H,16,17). The summed E-state index contributed by atoms with van der Waals surface area (Å²) in [5, 5.41) is 13.0. The topological polar surface area (TPSA) is 73.6 Å². The van der Waals surface area contributed by atoms with Crippen molar-refractivity contribution in [1.29, 1.82) is 0 Å². The van der Waals surface area contributed by atoms with Gasteiger partial charge in [0.2, 0.25) is 0 Å². The number of hydrogen-bond acceptors (Lipinski definition) is 4. The van der Waals surface area contributed by atoms with Crippen LogP contribution in [0.5, 0.6) is 0 Å². The number of aromatic nitrogens is 2. The molecule has 1 fully saturated rings. The Hall–Kier alpha value is -1.40. The van der Waals surface area contributed by atoms with Crippen LogP contribution in [-0.2, 0) is 23.1 Å². The first-order chi connectivity index (χ1) is 8.97. The molecule has 0 bridgehead atoms. The fourth-order valence-corrected chi connectivity index (χ4v) is 2.49. The van der Waals surface area contributed by atoms with Gasteiger partial charge in [-0.05, 0) is 26.7 Å². The number of aromatic carboxylic acids is 1. The molecular weight excluding hydrogens is 248 g/mol. The number of aryl methyl sites for hydroxylation is 1. The molecule has 1 aliphatic heterocycles. The van der Waals surface area contributed by atoms with Gasteiger partial charge < -0.3 is 14.6 Å². The van der Waals surface area contributed by atoms with Gasteiger partial charge in [-0.25, -0.2) is 4.79 Å². The largest absolute Gasteiger partial charge is 0.478 e. The first kappa shape index (κ1) is 14.0. The zero-order valence-electron chi connectivity index (χ0n) is 11.5. The Balaban J connectivity index is 1.99. The monoisotopic (exact) mass is 268 g/mol. The fraction of sp³-hybridized carbons (Fsp3) is 0.692. The molecule has 6 nitrogen and oxygen atoms in total. The van der Waals surface area contributed by atoms with E-state index in [2.05, 4.69) is 5.10 Å². The maximum atomic E-state index is 11.1. The van der Waals surface area contributed by atoms with Gasteiger partial charge in [-0.15, -0.1) is 0 Å². The van der Waals surface area contributed by atoms with Gasteiger partial charge in [-0.3, -0.25) is 4.68 Å². The smallest absolute Gasteiger partial charge is 0.339 e. The van der Waals surface area contributed by atoms with Gasteiger partial charge in [-0.1, -0.05) is 0 Å². The van der Waals surface area contributed by atoms with E-state index in [1.54, 1.807) is 11.7 Å². The lowest BCUT2D eigenvalue weighted by molar-refractivity contribution is -0.106. The fourth-order valence-electron chi connectivity index (χ4n) is 2.49. The number of ether oxygens (including phenoxy) is 2. The Labute approximate surface area is 112 Å². The molecule has 1 aromatic heterocycles. The summed E-state index contributed by atoms with van der Waals surface area (Å²) in [7, 11) is 1.72. The van der Waals surface area contributed by atoms with Crippen LogP contribution in [0.4, 0.5) is 0 Å². The predicted molar refractivity (Wildman–Crippen MR) is 68.0 cm³/mol. The van der Waals surface area contributed by atoms with Crippen LogP contribution in [0.15, 0.2) is 6.20 Å². The van der Waals surface area contributed by atoms with Crippen molar-refractivity contribution in [3.63, 3.8) is 0 Å². The lowest BCUT2D eigenvalue weighted by Crippen LogP contribution is -2.34. The van der Waals surface area contributed by atoms with E-state index in [4.69, 9.17) is 14.6 Å². The van der Waals surface area contributed by atoms with E-state index in [0.29, 0.717) is 5.69 Å². The second-order valence-electron chi connectivity index (χ2n) is 5.10. The molecule has 2 unspecified atom stereocenters. The highest BCUT2D eigenvalue weighted by Crippen LogP contribution is 2.23. The molecule has 2 heterocycles. The average molecular weight is 268 g/mol. The Kier molecular flexibility index (Phi) is 4.21. The highest BCUT2D eigenvalue weighted by atomic mass is 16.5. The summed E-state index contributed by atoms with van der Waals surface area (Å²) >= 11 is 0. The van der Waals surface area contributed by atoms with Crippen molar-refractivity contribution in [3.05, 3.63) is 17.5 Å². The van der Waals surface area contributed by atoms with Gasteiger partial charge in [0.15, 0.2) is 0 Å². The summed E-state index contributed by atoms with van der Waals surface area (Å²) < 4.78 is 13.0. The van der Waals surface area contributed by atoms with Crippen LogP contribution in [-0.4, -0.2) is 39.2 Å². The van der Waals surface area contributed by atoms with Crippen LogP contribution in [0, 0.1) is 0 Å².